The van der Waals surface area contributed by atoms with E-state index < -0.39 is 0 Å². The monoisotopic (exact) mass is 466 g/mol. The molecule has 1 aromatic rings. The van der Waals surface area contributed by atoms with Gasteiger partial charge in [-0.2, -0.15) is 0 Å². The average molecular weight is 466 g/mol. The highest BCUT2D eigenvalue weighted by atomic mass is 127. The highest BCUT2D eigenvalue weighted by Crippen LogP contribution is 2.19. The lowest BCUT2D eigenvalue weighted by Crippen LogP contribution is -2.47. The van der Waals surface area contributed by atoms with Gasteiger partial charge < -0.3 is 15.0 Å². The molecule has 1 aromatic heterocycles. The summed E-state index contributed by atoms with van der Waals surface area (Å²) in [4.78, 5) is 23.9. The van der Waals surface area contributed by atoms with Crippen molar-refractivity contribution < 1.29 is 9.53 Å². The number of aryl methyl sites for hydroxylation is 2. The maximum Gasteiger partial charge on any atom is 0.308 e. The topological polar surface area (TPSA) is 66.8 Å². The number of aliphatic imine (C=N–C) groups is 1. The summed E-state index contributed by atoms with van der Waals surface area (Å²) in [5, 5.41) is 4.54. The zero-order valence-corrected chi connectivity index (χ0v) is 17.9. The number of thiazole rings is 1. The summed E-state index contributed by atoms with van der Waals surface area (Å²) in [6.07, 6.45) is 2.59. The van der Waals surface area contributed by atoms with E-state index in [1.54, 1.807) is 18.4 Å². The predicted molar refractivity (Wildman–Crippen MR) is 108 cm³/mol. The number of carbonyl (C=O) groups is 1. The first-order valence-electron chi connectivity index (χ1n) is 8.01. The van der Waals surface area contributed by atoms with Crippen LogP contribution in [0.5, 0.6) is 0 Å². The Morgan fingerprint density at radius 2 is 2.08 bits per heavy atom. The molecular weight excluding hydrogens is 439 g/mol. The normalized spacial score (nSPS) is 15.8. The van der Waals surface area contributed by atoms with Crippen molar-refractivity contribution >= 4 is 47.2 Å². The van der Waals surface area contributed by atoms with E-state index in [9.17, 15) is 4.79 Å². The van der Waals surface area contributed by atoms with Crippen LogP contribution in [0.4, 0.5) is 0 Å². The van der Waals surface area contributed by atoms with E-state index in [0.29, 0.717) is 0 Å². The molecule has 136 valence electrons. The molecule has 1 fully saturated rings. The number of likely N-dealkylation sites (tertiary alicyclic amines) is 1. The van der Waals surface area contributed by atoms with Crippen molar-refractivity contribution in [3.8, 4) is 0 Å². The fourth-order valence-corrected chi connectivity index (χ4v) is 3.86. The molecule has 24 heavy (non-hydrogen) atoms. The molecule has 6 nitrogen and oxygen atoms in total. The Balaban J connectivity index is 0.00000288. The van der Waals surface area contributed by atoms with Crippen molar-refractivity contribution in [1.29, 1.82) is 0 Å². The van der Waals surface area contributed by atoms with Gasteiger partial charge in [0.25, 0.3) is 0 Å². The first kappa shape index (κ1) is 21.1. The third-order valence-corrected chi connectivity index (χ3v) is 5.31. The van der Waals surface area contributed by atoms with Crippen molar-refractivity contribution in [3.05, 3.63) is 15.6 Å². The number of carbonyl (C=O) groups excluding carboxylic acids is 1. The lowest BCUT2D eigenvalue weighted by Gasteiger charge is -2.33. The molecule has 0 atom stereocenters. The second-order valence-corrected chi connectivity index (χ2v) is 7.04. The van der Waals surface area contributed by atoms with Crippen LogP contribution >= 0.6 is 35.3 Å². The van der Waals surface area contributed by atoms with Crippen LogP contribution in [0.15, 0.2) is 4.99 Å². The van der Waals surface area contributed by atoms with Crippen LogP contribution in [0.2, 0.25) is 0 Å². The van der Waals surface area contributed by atoms with E-state index >= 15 is 0 Å². The number of methoxy groups -OCH3 is 1. The van der Waals surface area contributed by atoms with Gasteiger partial charge in [0, 0.05) is 38.0 Å². The van der Waals surface area contributed by atoms with Crippen molar-refractivity contribution in [2.75, 3.05) is 33.8 Å². The summed E-state index contributed by atoms with van der Waals surface area (Å²) < 4.78 is 4.83. The molecule has 0 unspecified atom stereocenters. The zero-order chi connectivity index (χ0) is 16.8. The summed E-state index contributed by atoms with van der Waals surface area (Å²) in [5.74, 6) is 0.841. The Bertz CT molecular complexity index is 568. The quantitative estimate of drug-likeness (QED) is 0.320. The molecule has 0 radical (unpaired) electrons. The van der Waals surface area contributed by atoms with Crippen LogP contribution in [0.1, 0.15) is 28.4 Å². The largest absolute Gasteiger partial charge is 0.469 e. The van der Waals surface area contributed by atoms with Crippen LogP contribution < -0.4 is 5.32 Å². The summed E-state index contributed by atoms with van der Waals surface area (Å²) >= 11 is 1.76. The highest BCUT2D eigenvalue weighted by Gasteiger charge is 2.26. The molecule has 0 aromatic carbocycles. The molecule has 1 aliphatic heterocycles. The zero-order valence-electron chi connectivity index (χ0n) is 14.8. The van der Waals surface area contributed by atoms with E-state index in [4.69, 9.17) is 4.74 Å². The number of halogens is 1. The number of hydrogen-bond donors (Lipinski definition) is 1. The summed E-state index contributed by atoms with van der Waals surface area (Å²) in [5.41, 5.74) is 1.13. The molecular formula is C16H27IN4O2S. The average Bonchev–Trinajstić information content (AvgIpc) is 2.88. The van der Waals surface area contributed by atoms with E-state index in [0.717, 1.165) is 55.6 Å². The first-order chi connectivity index (χ1) is 11.0. The molecule has 1 N–H and O–H groups in total. The molecule has 0 aliphatic carbocycles. The van der Waals surface area contributed by atoms with Crippen LogP contribution in [-0.4, -0.2) is 55.6 Å². The van der Waals surface area contributed by atoms with Crippen LogP contribution in [0, 0.1) is 19.8 Å². The number of piperidine rings is 1. The minimum Gasteiger partial charge on any atom is -0.469 e. The number of hydrogen-bond acceptors (Lipinski definition) is 5. The second kappa shape index (κ2) is 10.2. The predicted octanol–water partition coefficient (Wildman–Crippen LogP) is 2.38. The van der Waals surface area contributed by atoms with Gasteiger partial charge in [-0.25, -0.2) is 4.98 Å². The number of nitrogens with zero attached hydrogens (tertiary/aromatic N) is 3. The molecule has 1 saturated heterocycles. The minimum absolute atomic E-state index is 0. The number of nitrogens with one attached hydrogen (secondary N) is 1. The molecule has 0 saturated carbocycles. The second-order valence-electron chi connectivity index (χ2n) is 5.75. The number of rotatable bonds is 4. The highest BCUT2D eigenvalue weighted by molar-refractivity contribution is 14.0. The fraction of sp³-hybridized carbons (Fsp3) is 0.688. The van der Waals surface area contributed by atoms with Gasteiger partial charge in [0.05, 0.1) is 23.7 Å². The smallest absolute Gasteiger partial charge is 0.308 e. The Morgan fingerprint density at radius 3 is 2.58 bits per heavy atom. The van der Waals surface area contributed by atoms with E-state index in [1.807, 2.05) is 6.92 Å². The third-order valence-electron chi connectivity index (χ3n) is 4.18. The maximum atomic E-state index is 11.6. The number of guanidine groups is 1. The van der Waals surface area contributed by atoms with Crippen molar-refractivity contribution in [2.45, 2.75) is 33.1 Å². The summed E-state index contributed by atoms with van der Waals surface area (Å²) in [6.45, 7) is 6.60. The van der Waals surface area contributed by atoms with Gasteiger partial charge >= 0.3 is 5.97 Å². The van der Waals surface area contributed by atoms with Crippen molar-refractivity contribution in [3.63, 3.8) is 0 Å². The number of esters is 1. The van der Waals surface area contributed by atoms with E-state index in [2.05, 4.69) is 27.1 Å². The van der Waals surface area contributed by atoms with Gasteiger partial charge in [-0.15, -0.1) is 35.3 Å². The van der Waals surface area contributed by atoms with Gasteiger partial charge in [0.1, 0.15) is 0 Å². The van der Waals surface area contributed by atoms with Gasteiger partial charge in [0.15, 0.2) is 5.96 Å². The Hall–Kier alpha value is -0.900. The van der Waals surface area contributed by atoms with E-state index in [1.165, 1.54) is 12.0 Å². The lowest BCUT2D eigenvalue weighted by molar-refractivity contribution is -0.146. The Labute approximate surface area is 165 Å². The van der Waals surface area contributed by atoms with Gasteiger partial charge in [0.2, 0.25) is 0 Å². The summed E-state index contributed by atoms with van der Waals surface area (Å²) in [6, 6.07) is 0. The third kappa shape index (κ3) is 5.58. The summed E-state index contributed by atoms with van der Waals surface area (Å²) in [7, 11) is 3.26. The number of aromatic nitrogens is 1. The van der Waals surface area contributed by atoms with Gasteiger partial charge in [-0.1, -0.05) is 0 Å². The molecule has 0 amide bonds. The maximum absolute atomic E-state index is 11.6. The molecule has 8 heteroatoms. The fourth-order valence-electron chi connectivity index (χ4n) is 2.92. The molecule has 2 rings (SSSR count). The Kier molecular flexibility index (Phi) is 8.96. The van der Waals surface area contributed by atoms with Crippen molar-refractivity contribution in [2.24, 2.45) is 10.9 Å². The van der Waals surface area contributed by atoms with Crippen molar-refractivity contribution in [1.82, 2.24) is 15.2 Å². The molecule has 0 spiro atoms. The van der Waals surface area contributed by atoms with Crippen LogP contribution in [-0.2, 0) is 16.0 Å². The molecule has 2 heterocycles. The minimum atomic E-state index is -0.0939. The lowest BCUT2D eigenvalue weighted by atomic mass is 9.97. The van der Waals surface area contributed by atoms with Crippen LogP contribution in [0.25, 0.3) is 0 Å². The van der Waals surface area contributed by atoms with E-state index in [-0.39, 0.29) is 35.9 Å². The molecule has 1 aliphatic rings. The Morgan fingerprint density at radius 1 is 1.42 bits per heavy atom. The van der Waals surface area contributed by atoms with Gasteiger partial charge in [-0.05, 0) is 26.7 Å². The number of ether oxygens (including phenoxy) is 1. The molecule has 0 bridgehead atoms. The van der Waals surface area contributed by atoms with Gasteiger partial charge in [-0.3, -0.25) is 9.79 Å². The standard InChI is InChI=1S/C16H26N4O2S.HI/c1-11-14(23-12(2)19-11)5-8-18-16(17-3)20-9-6-13(7-10-20)15(21)22-4;/h13H,5-10H2,1-4H3,(H,17,18);1H. The first-order valence-corrected chi connectivity index (χ1v) is 8.83. The SMILES string of the molecule is CN=C(NCCc1sc(C)nc1C)N1CCC(C(=O)OC)CC1.I. The van der Waals surface area contributed by atoms with Crippen LogP contribution in [0.3, 0.4) is 0 Å².